The molecule has 4 heterocycles. The van der Waals surface area contributed by atoms with Gasteiger partial charge in [0.1, 0.15) is 0 Å². The highest BCUT2D eigenvalue weighted by Crippen LogP contribution is 2.36. The van der Waals surface area contributed by atoms with Crippen LogP contribution in [0.4, 0.5) is 0 Å². The predicted molar refractivity (Wildman–Crippen MR) is 120 cm³/mol. The van der Waals surface area contributed by atoms with Gasteiger partial charge in [-0.3, -0.25) is 4.79 Å². The van der Waals surface area contributed by atoms with Crippen LogP contribution in [0.15, 0.2) is 80.1 Å². The molecular weight excluding hydrogens is 436 g/mol. The number of carbonyl (C=O) groups is 1. The molecule has 0 saturated carbocycles. The minimum absolute atomic E-state index is 0.0715. The van der Waals surface area contributed by atoms with E-state index < -0.39 is 0 Å². The predicted octanol–water partition coefficient (Wildman–Crippen LogP) is 5.33. The summed E-state index contributed by atoms with van der Waals surface area (Å²) < 4.78 is 5.70. The maximum atomic E-state index is 13.0. The van der Waals surface area contributed by atoms with Crippen LogP contribution in [0.2, 0.25) is 0 Å². The summed E-state index contributed by atoms with van der Waals surface area (Å²) in [5.41, 5.74) is 1.80. The monoisotopic (exact) mass is 452 g/mol. The van der Waals surface area contributed by atoms with Gasteiger partial charge in [-0.1, -0.05) is 42.1 Å². The van der Waals surface area contributed by atoms with Crippen molar-refractivity contribution in [2.45, 2.75) is 17.7 Å². The summed E-state index contributed by atoms with van der Waals surface area (Å²) in [6.45, 7) is 0. The van der Waals surface area contributed by atoms with E-state index in [-0.39, 0.29) is 17.7 Å². The van der Waals surface area contributed by atoms with Crippen LogP contribution < -0.4 is 0 Å². The highest BCUT2D eigenvalue weighted by Gasteiger charge is 2.34. The van der Waals surface area contributed by atoms with Gasteiger partial charge in [-0.05, 0) is 35.0 Å². The second-order valence-electron chi connectivity index (χ2n) is 6.53. The van der Waals surface area contributed by atoms with Gasteiger partial charge >= 0.3 is 0 Å². The number of carbonyl (C=O) groups excluding carboxylic acids is 1. The number of hydrogen-bond acceptors (Lipinski definition) is 8. The molecule has 0 N–H and O–H groups in total. The third-order valence-corrected chi connectivity index (χ3v) is 7.29. The van der Waals surface area contributed by atoms with Crippen molar-refractivity contribution in [2.24, 2.45) is 5.10 Å². The third-order valence-electron chi connectivity index (χ3n) is 4.59. The van der Waals surface area contributed by atoms with Crippen molar-refractivity contribution in [2.75, 3.05) is 5.75 Å². The number of aromatic nitrogens is 2. The van der Waals surface area contributed by atoms with Crippen LogP contribution >= 0.6 is 34.4 Å². The van der Waals surface area contributed by atoms with Crippen LogP contribution in [0.5, 0.6) is 0 Å². The lowest BCUT2D eigenvalue weighted by atomic mass is 10.1. The van der Waals surface area contributed by atoms with E-state index in [1.807, 2.05) is 59.3 Å². The molecule has 1 aliphatic heterocycles. The number of hydrogen-bond donors (Lipinski definition) is 0. The van der Waals surface area contributed by atoms with E-state index in [9.17, 15) is 4.79 Å². The summed E-state index contributed by atoms with van der Waals surface area (Å²) in [5, 5.41) is 18.8. The van der Waals surface area contributed by atoms with Crippen LogP contribution in [0.1, 0.15) is 22.2 Å². The van der Waals surface area contributed by atoms with Gasteiger partial charge in [-0.15, -0.1) is 32.9 Å². The molecule has 1 aromatic carbocycles. The van der Waals surface area contributed by atoms with Crippen molar-refractivity contribution in [1.82, 2.24) is 15.2 Å². The second-order valence-corrected chi connectivity index (χ2v) is 9.38. The Morgan fingerprint density at radius 2 is 1.90 bits per heavy atom. The number of hydrazone groups is 1. The number of thioether (sulfide) groups is 1. The van der Waals surface area contributed by atoms with Gasteiger partial charge in [0.15, 0.2) is 0 Å². The zero-order chi connectivity index (χ0) is 20.3. The van der Waals surface area contributed by atoms with Crippen molar-refractivity contribution in [3.63, 3.8) is 0 Å². The Morgan fingerprint density at radius 1 is 1.07 bits per heavy atom. The van der Waals surface area contributed by atoms with E-state index >= 15 is 0 Å². The Labute approximate surface area is 185 Å². The lowest BCUT2D eigenvalue weighted by Gasteiger charge is -2.20. The molecule has 0 aliphatic carbocycles. The fraction of sp³-hybridized carbons (Fsp3) is 0.143. The summed E-state index contributed by atoms with van der Waals surface area (Å²) in [7, 11) is 0. The molecule has 3 aromatic heterocycles. The molecule has 1 aliphatic rings. The molecule has 6 nitrogen and oxygen atoms in total. The topological polar surface area (TPSA) is 71.6 Å². The summed E-state index contributed by atoms with van der Waals surface area (Å²) in [6.07, 6.45) is 0.718. The van der Waals surface area contributed by atoms with Crippen LogP contribution in [-0.4, -0.2) is 32.6 Å². The average Bonchev–Trinajstić information content (AvgIpc) is 3.57. The SMILES string of the molecule is O=C(CSc1nnc(-c2ccccc2)o1)N1N=C(c2cccs2)CC1c1cccs1. The molecule has 4 aromatic rings. The Balaban J connectivity index is 1.31. The molecule has 9 heteroatoms. The zero-order valence-corrected chi connectivity index (χ0v) is 18.1. The molecule has 1 atom stereocenters. The van der Waals surface area contributed by atoms with E-state index in [1.165, 1.54) is 11.8 Å². The van der Waals surface area contributed by atoms with Crippen LogP contribution in [0.3, 0.4) is 0 Å². The van der Waals surface area contributed by atoms with E-state index in [2.05, 4.69) is 21.4 Å². The minimum Gasteiger partial charge on any atom is -0.411 e. The number of thiophene rings is 2. The highest BCUT2D eigenvalue weighted by molar-refractivity contribution is 7.99. The van der Waals surface area contributed by atoms with Gasteiger partial charge < -0.3 is 4.42 Å². The summed E-state index contributed by atoms with van der Waals surface area (Å²) in [4.78, 5) is 15.3. The van der Waals surface area contributed by atoms with E-state index in [0.717, 1.165) is 27.5 Å². The van der Waals surface area contributed by atoms with Crippen molar-refractivity contribution < 1.29 is 9.21 Å². The Bertz CT molecular complexity index is 1150. The largest absolute Gasteiger partial charge is 0.411 e. The fourth-order valence-corrected chi connectivity index (χ4v) is 5.34. The quantitative estimate of drug-likeness (QED) is 0.370. The van der Waals surface area contributed by atoms with Gasteiger partial charge in [0, 0.05) is 16.9 Å². The van der Waals surface area contributed by atoms with Crippen LogP contribution in [0.25, 0.3) is 11.5 Å². The molecule has 0 saturated heterocycles. The maximum absolute atomic E-state index is 13.0. The first kappa shape index (κ1) is 19.2. The molecule has 0 fully saturated rings. The normalized spacial score (nSPS) is 16.1. The van der Waals surface area contributed by atoms with Gasteiger partial charge in [0.25, 0.3) is 11.1 Å². The minimum atomic E-state index is -0.0792. The van der Waals surface area contributed by atoms with Gasteiger partial charge in [-0.2, -0.15) is 5.10 Å². The lowest BCUT2D eigenvalue weighted by Crippen LogP contribution is -2.28. The van der Waals surface area contributed by atoms with E-state index in [0.29, 0.717) is 11.1 Å². The van der Waals surface area contributed by atoms with Crippen LogP contribution in [0, 0.1) is 0 Å². The molecule has 1 amide bonds. The lowest BCUT2D eigenvalue weighted by molar-refractivity contribution is -0.130. The molecular formula is C21H16N4O2S3. The molecule has 5 rings (SSSR count). The van der Waals surface area contributed by atoms with Gasteiger partial charge in [0.2, 0.25) is 5.89 Å². The van der Waals surface area contributed by atoms with Gasteiger partial charge in [0.05, 0.1) is 22.4 Å². The summed E-state index contributed by atoms with van der Waals surface area (Å²) >= 11 is 4.52. The van der Waals surface area contributed by atoms with Crippen molar-refractivity contribution in [3.8, 4) is 11.5 Å². The van der Waals surface area contributed by atoms with Crippen molar-refractivity contribution in [3.05, 3.63) is 75.1 Å². The summed E-state index contributed by atoms with van der Waals surface area (Å²) in [6, 6.07) is 17.6. The fourth-order valence-electron chi connectivity index (χ4n) is 3.19. The first-order valence-corrected chi connectivity index (χ1v) is 12.0. The standard InChI is InChI=1S/C21H16N4O2S3/c26-19(13-30-21-23-22-20(27-21)14-6-2-1-3-7-14)25-16(18-9-5-11-29-18)12-15(24-25)17-8-4-10-28-17/h1-11,16H,12-13H2. The molecule has 30 heavy (non-hydrogen) atoms. The van der Waals surface area contributed by atoms with E-state index in [4.69, 9.17) is 4.42 Å². The third kappa shape index (κ3) is 3.96. The van der Waals surface area contributed by atoms with Crippen molar-refractivity contribution in [1.29, 1.82) is 0 Å². The summed E-state index contributed by atoms with van der Waals surface area (Å²) in [5.74, 6) is 0.546. The molecule has 0 spiro atoms. The number of amides is 1. The van der Waals surface area contributed by atoms with Gasteiger partial charge in [-0.25, -0.2) is 5.01 Å². The Kier molecular flexibility index (Phi) is 5.48. The first-order chi connectivity index (χ1) is 14.8. The molecule has 0 radical (unpaired) electrons. The molecule has 0 bridgehead atoms. The smallest absolute Gasteiger partial charge is 0.277 e. The van der Waals surface area contributed by atoms with E-state index in [1.54, 1.807) is 27.7 Å². The Hall–Kier alpha value is -2.75. The Morgan fingerprint density at radius 3 is 2.67 bits per heavy atom. The first-order valence-electron chi connectivity index (χ1n) is 9.26. The number of nitrogens with zero attached hydrogens (tertiary/aromatic N) is 4. The number of benzene rings is 1. The molecule has 150 valence electrons. The second kappa shape index (κ2) is 8.55. The van der Waals surface area contributed by atoms with Crippen molar-refractivity contribution >= 4 is 46.1 Å². The maximum Gasteiger partial charge on any atom is 0.277 e. The average molecular weight is 453 g/mol. The molecule has 1 unspecified atom stereocenters. The zero-order valence-electron chi connectivity index (χ0n) is 15.7. The van der Waals surface area contributed by atoms with Crippen LogP contribution in [-0.2, 0) is 4.79 Å². The highest BCUT2D eigenvalue weighted by atomic mass is 32.2. The number of rotatable bonds is 6.